The lowest BCUT2D eigenvalue weighted by molar-refractivity contribution is 0.0276. The summed E-state index contributed by atoms with van der Waals surface area (Å²) in [6.07, 6.45) is 2.08. The van der Waals surface area contributed by atoms with Gasteiger partial charge in [-0.05, 0) is 44.5 Å². The molecule has 4 nitrogen and oxygen atoms in total. The molecule has 3 N–H and O–H groups in total. The molecule has 0 aliphatic carbocycles. The SMILES string of the molecule is O=C(NCC1(O)CCCNCC1)c1sc2cccc(F)c2c1Cl. The second kappa shape index (κ2) is 6.73. The van der Waals surface area contributed by atoms with E-state index in [1.54, 1.807) is 12.1 Å². The van der Waals surface area contributed by atoms with Crippen LogP contribution in [0.15, 0.2) is 18.2 Å². The van der Waals surface area contributed by atoms with Crippen molar-refractivity contribution in [3.8, 4) is 0 Å². The fourth-order valence-electron chi connectivity index (χ4n) is 2.83. The molecule has 1 aromatic heterocycles. The number of amides is 1. The Morgan fingerprint density at radius 2 is 2.26 bits per heavy atom. The third kappa shape index (κ3) is 3.50. The monoisotopic (exact) mass is 356 g/mol. The van der Waals surface area contributed by atoms with Gasteiger partial charge in [-0.3, -0.25) is 4.79 Å². The van der Waals surface area contributed by atoms with Crippen molar-refractivity contribution in [2.24, 2.45) is 0 Å². The van der Waals surface area contributed by atoms with Gasteiger partial charge in [0.25, 0.3) is 5.91 Å². The Labute approximate surface area is 142 Å². The fourth-order valence-corrected chi connectivity index (χ4v) is 4.31. The molecule has 0 spiro atoms. The second-order valence-electron chi connectivity index (χ2n) is 5.87. The van der Waals surface area contributed by atoms with Crippen LogP contribution in [-0.4, -0.2) is 36.2 Å². The van der Waals surface area contributed by atoms with E-state index in [0.717, 1.165) is 30.8 Å². The first-order chi connectivity index (χ1) is 11.0. The second-order valence-corrected chi connectivity index (χ2v) is 7.30. The Balaban J connectivity index is 1.76. The van der Waals surface area contributed by atoms with E-state index in [-0.39, 0.29) is 27.7 Å². The quantitative estimate of drug-likeness (QED) is 0.792. The molecule has 124 valence electrons. The summed E-state index contributed by atoms with van der Waals surface area (Å²) in [6, 6.07) is 4.65. The molecule has 1 fully saturated rings. The van der Waals surface area contributed by atoms with E-state index < -0.39 is 11.4 Å². The van der Waals surface area contributed by atoms with Gasteiger partial charge in [-0.25, -0.2) is 4.39 Å². The highest BCUT2D eigenvalue weighted by Gasteiger charge is 2.29. The molecule has 2 heterocycles. The van der Waals surface area contributed by atoms with Crippen LogP contribution in [0.1, 0.15) is 28.9 Å². The number of benzene rings is 1. The van der Waals surface area contributed by atoms with Crippen molar-refractivity contribution < 1.29 is 14.3 Å². The number of carbonyl (C=O) groups is 1. The van der Waals surface area contributed by atoms with E-state index in [1.165, 1.54) is 6.07 Å². The molecule has 23 heavy (non-hydrogen) atoms. The number of hydrogen-bond acceptors (Lipinski definition) is 4. The fraction of sp³-hybridized carbons (Fsp3) is 0.438. The maximum atomic E-state index is 13.9. The summed E-state index contributed by atoms with van der Waals surface area (Å²) < 4.78 is 14.5. The summed E-state index contributed by atoms with van der Waals surface area (Å²) in [5.74, 6) is -0.808. The van der Waals surface area contributed by atoms with Gasteiger partial charge in [-0.15, -0.1) is 11.3 Å². The summed E-state index contributed by atoms with van der Waals surface area (Å²) in [5.41, 5.74) is -0.909. The van der Waals surface area contributed by atoms with Gasteiger partial charge in [-0.2, -0.15) is 0 Å². The lowest BCUT2D eigenvalue weighted by atomic mass is 9.95. The predicted octanol–water partition coefficient (Wildman–Crippen LogP) is 2.93. The Kier molecular flexibility index (Phi) is 4.87. The molecule has 1 unspecified atom stereocenters. The topological polar surface area (TPSA) is 61.4 Å². The number of nitrogens with one attached hydrogen (secondary N) is 2. The molecule has 3 rings (SSSR count). The maximum absolute atomic E-state index is 13.9. The molecular weight excluding hydrogens is 339 g/mol. The van der Waals surface area contributed by atoms with Crippen LogP contribution in [0.5, 0.6) is 0 Å². The lowest BCUT2D eigenvalue weighted by Gasteiger charge is -2.26. The molecule has 0 saturated carbocycles. The maximum Gasteiger partial charge on any atom is 0.263 e. The Morgan fingerprint density at radius 3 is 3.04 bits per heavy atom. The van der Waals surface area contributed by atoms with Gasteiger partial charge in [0.2, 0.25) is 0 Å². The normalized spacial score (nSPS) is 22.0. The summed E-state index contributed by atoms with van der Waals surface area (Å²) in [6.45, 7) is 1.76. The van der Waals surface area contributed by atoms with E-state index in [4.69, 9.17) is 11.6 Å². The van der Waals surface area contributed by atoms with Crippen LogP contribution in [0, 0.1) is 5.82 Å². The zero-order chi connectivity index (χ0) is 16.4. The smallest absolute Gasteiger partial charge is 0.263 e. The van der Waals surface area contributed by atoms with E-state index in [1.807, 2.05) is 0 Å². The van der Waals surface area contributed by atoms with Crippen LogP contribution in [0.2, 0.25) is 5.02 Å². The van der Waals surface area contributed by atoms with Gasteiger partial charge in [0.05, 0.1) is 10.6 Å². The zero-order valence-electron chi connectivity index (χ0n) is 12.5. The molecule has 1 aliphatic rings. The predicted molar refractivity (Wildman–Crippen MR) is 90.8 cm³/mol. The minimum absolute atomic E-state index is 0.134. The number of thiophene rings is 1. The van der Waals surface area contributed by atoms with Crippen molar-refractivity contribution in [1.82, 2.24) is 10.6 Å². The first-order valence-corrected chi connectivity index (χ1v) is 8.77. The van der Waals surface area contributed by atoms with Crippen LogP contribution in [0.3, 0.4) is 0 Å². The van der Waals surface area contributed by atoms with E-state index in [2.05, 4.69) is 10.6 Å². The average molecular weight is 357 g/mol. The molecule has 1 aliphatic heterocycles. The lowest BCUT2D eigenvalue weighted by Crippen LogP contribution is -2.43. The van der Waals surface area contributed by atoms with Gasteiger partial charge >= 0.3 is 0 Å². The molecular formula is C16H18ClFN2O2S. The molecule has 7 heteroatoms. The first-order valence-electron chi connectivity index (χ1n) is 7.58. The third-order valence-corrected chi connectivity index (χ3v) is 5.80. The van der Waals surface area contributed by atoms with E-state index >= 15 is 0 Å². The Morgan fingerprint density at radius 1 is 1.43 bits per heavy atom. The highest BCUT2D eigenvalue weighted by molar-refractivity contribution is 7.21. The molecule has 1 saturated heterocycles. The number of rotatable bonds is 3. The van der Waals surface area contributed by atoms with Crippen molar-refractivity contribution in [3.05, 3.63) is 33.9 Å². The van der Waals surface area contributed by atoms with Crippen molar-refractivity contribution in [3.63, 3.8) is 0 Å². The van der Waals surface area contributed by atoms with Crippen LogP contribution in [-0.2, 0) is 0 Å². The van der Waals surface area contributed by atoms with Gasteiger partial charge in [0.15, 0.2) is 0 Å². The summed E-state index contributed by atoms with van der Waals surface area (Å²) >= 11 is 7.33. The number of fused-ring (bicyclic) bond motifs is 1. The number of hydrogen-bond donors (Lipinski definition) is 3. The average Bonchev–Trinajstić information content (AvgIpc) is 2.72. The Bertz CT molecular complexity index is 726. The molecule has 1 aromatic carbocycles. The number of carbonyl (C=O) groups excluding carboxylic acids is 1. The summed E-state index contributed by atoms with van der Waals surface area (Å²) in [4.78, 5) is 12.7. The van der Waals surface area contributed by atoms with Crippen LogP contribution >= 0.6 is 22.9 Å². The van der Waals surface area contributed by atoms with Crippen molar-refractivity contribution in [2.45, 2.75) is 24.9 Å². The van der Waals surface area contributed by atoms with Crippen LogP contribution in [0.25, 0.3) is 10.1 Å². The number of aliphatic hydroxyl groups is 1. The van der Waals surface area contributed by atoms with E-state index in [9.17, 15) is 14.3 Å². The summed E-state index contributed by atoms with van der Waals surface area (Å²) in [5, 5.41) is 16.9. The first kappa shape index (κ1) is 16.6. The summed E-state index contributed by atoms with van der Waals surface area (Å²) in [7, 11) is 0. The third-order valence-electron chi connectivity index (χ3n) is 4.15. The Hall–Kier alpha value is -1.21. The van der Waals surface area contributed by atoms with Gasteiger partial charge in [0, 0.05) is 16.6 Å². The molecule has 2 aromatic rings. The van der Waals surface area contributed by atoms with Gasteiger partial charge in [-0.1, -0.05) is 17.7 Å². The van der Waals surface area contributed by atoms with Crippen molar-refractivity contribution in [2.75, 3.05) is 19.6 Å². The highest BCUT2D eigenvalue weighted by Crippen LogP contribution is 2.36. The highest BCUT2D eigenvalue weighted by atomic mass is 35.5. The van der Waals surface area contributed by atoms with Gasteiger partial charge in [0.1, 0.15) is 10.7 Å². The number of halogens is 2. The minimum Gasteiger partial charge on any atom is -0.388 e. The minimum atomic E-state index is -0.909. The van der Waals surface area contributed by atoms with Crippen LogP contribution in [0.4, 0.5) is 4.39 Å². The standard InChI is InChI=1S/C16H18ClFN2O2S/c17-13-12-10(18)3-1-4-11(12)23-14(13)15(21)20-9-16(22)5-2-7-19-8-6-16/h1,3-4,19,22H,2,5-9H2,(H,20,21). The van der Waals surface area contributed by atoms with Gasteiger partial charge < -0.3 is 15.7 Å². The molecule has 1 amide bonds. The molecule has 0 radical (unpaired) electrons. The van der Waals surface area contributed by atoms with Crippen molar-refractivity contribution in [1.29, 1.82) is 0 Å². The zero-order valence-corrected chi connectivity index (χ0v) is 14.1. The molecule has 0 bridgehead atoms. The van der Waals surface area contributed by atoms with Crippen LogP contribution < -0.4 is 10.6 Å². The van der Waals surface area contributed by atoms with Crippen molar-refractivity contribution >= 4 is 38.9 Å². The van der Waals surface area contributed by atoms with E-state index in [0.29, 0.717) is 17.5 Å². The molecule has 1 atom stereocenters. The largest absolute Gasteiger partial charge is 0.388 e.